The van der Waals surface area contributed by atoms with Crippen LogP contribution in [0.15, 0.2) is 65.3 Å². The summed E-state index contributed by atoms with van der Waals surface area (Å²) in [6, 6.07) is 15.0. The fraction of sp³-hybridized carbons (Fsp3) is 0.174. The molecule has 0 spiro atoms. The minimum absolute atomic E-state index is 0.150. The zero-order valence-corrected chi connectivity index (χ0v) is 17.9. The van der Waals surface area contributed by atoms with Gasteiger partial charge in [0.1, 0.15) is 23.0 Å². The summed E-state index contributed by atoms with van der Waals surface area (Å²) in [4.78, 5) is 21.5. The lowest BCUT2D eigenvalue weighted by atomic mass is 10.1. The Morgan fingerprint density at radius 1 is 1.19 bits per heavy atom. The molecule has 0 aliphatic carbocycles. The van der Waals surface area contributed by atoms with Gasteiger partial charge in [-0.1, -0.05) is 35.9 Å². The first kappa shape index (κ1) is 20.7. The van der Waals surface area contributed by atoms with Crippen molar-refractivity contribution in [2.24, 2.45) is 0 Å². The second-order valence-electron chi connectivity index (χ2n) is 6.87. The van der Waals surface area contributed by atoms with E-state index in [1.54, 1.807) is 48.3 Å². The normalized spacial score (nSPS) is 10.8. The van der Waals surface area contributed by atoms with Crippen molar-refractivity contribution in [2.45, 2.75) is 19.8 Å². The van der Waals surface area contributed by atoms with E-state index in [2.05, 4.69) is 15.3 Å². The molecule has 0 saturated carbocycles. The molecule has 2 aromatic heterocycles. The third kappa shape index (κ3) is 4.62. The molecule has 0 aliphatic heterocycles. The Kier molecular flexibility index (Phi) is 6.04. The van der Waals surface area contributed by atoms with Crippen LogP contribution in [0, 0.1) is 6.92 Å². The summed E-state index contributed by atoms with van der Waals surface area (Å²) < 4.78 is 13.1. The van der Waals surface area contributed by atoms with Crippen molar-refractivity contribution >= 4 is 23.2 Å². The number of nitrogens with zero attached hydrogens (tertiary/aromatic N) is 3. The Hall–Kier alpha value is -3.58. The summed E-state index contributed by atoms with van der Waals surface area (Å²) in [7, 11) is 1.57. The highest BCUT2D eigenvalue weighted by atomic mass is 35.5. The summed E-state index contributed by atoms with van der Waals surface area (Å²) in [5.74, 6) is 1.82. The van der Waals surface area contributed by atoms with Gasteiger partial charge < -0.3 is 14.5 Å². The molecule has 0 bridgehead atoms. The number of amides is 1. The van der Waals surface area contributed by atoms with Crippen LogP contribution < -0.4 is 10.1 Å². The summed E-state index contributed by atoms with van der Waals surface area (Å²) in [5.41, 5.74) is 2.15. The number of rotatable bonds is 7. The lowest BCUT2D eigenvalue weighted by Crippen LogP contribution is -2.13. The van der Waals surface area contributed by atoms with Crippen LogP contribution in [-0.4, -0.2) is 27.6 Å². The van der Waals surface area contributed by atoms with Gasteiger partial charge in [0.25, 0.3) is 0 Å². The first-order valence-corrected chi connectivity index (χ1v) is 10.1. The number of aryl methyl sites for hydroxylation is 2. The van der Waals surface area contributed by atoms with Gasteiger partial charge in [-0.05, 0) is 31.2 Å². The zero-order valence-electron chi connectivity index (χ0n) is 17.1. The molecular weight excluding hydrogens is 416 g/mol. The Morgan fingerprint density at radius 3 is 2.68 bits per heavy atom. The first-order chi connectivity index (χ1) is 15.0. The molecule has 2 heterocycles. The van der Waals surface area contributed by atoms with Crippen molar-refractivity contribution in [3.63, 3.8) is 0 Å². The number of carbonyl (C=O) groups is 1. The topological polar surface area (TPSA) is 82.2 Å². The standard InChI is InChI=1S/C23H21ClN4O3/c1-15-25-13-14-28(15)23-27-22(16-7-9-17(24)10-8-16)20(31-23)11-12-21(29)26-18-5-3-4-6-19(18)30-2/h3-10,13-14H,11-12H2,1-2H3,(H,26,29). The van der Waals surface area contributed by atoms with Crippen molar-refractivity contribution in [3.8, 4) is 23.0 Å². The van der Waals surface area contributed by atoms with Crippen LogP contribution >= 0.6 is 11.6 Å². The maximum atomic E-state index is 12.6. The Bertz CT molecular complexity index is 1200. The van der Waals surface area contributed by atoms with E-state index in [0.29, 0.717) is 40.3 Å². The van der Waals surface area contributed by atoms with Gasteiger partial charge in [0.2, 0.25) is 5.91 Å². The molecule has 0 aliphatic rings. The van der Waals surface area contributed by atoms with E-state index in [1.165, 1.54) is 0 Å². The van der Waals surface area contributed by atoms with E-state index in [0.717, 1.165) is 11.4 Å². The smallest absolute Gasteiger partial charge is 0.307 e. The molecule has 4 rings (SSSR count). The highest BCUT2D eigenvalue weighted by molar-refractivity contribution is 6.30. The molecule has 2 aromatic carbocycles. The largest absolute Gasteiger partial charge is 0.495 e. The number of para-hydroxylation sites is 2. The van der Waals surface area contributed by atoms with Gasteiger partial charge in [0, 0.05) is 35.8 Å². The van der Waals surface area contributed by atoms with Gasteiger partial charge in [-0.3, -0.25) is 9.36 Å². The summed E-state index contributed by atoms with van der Waals surface area (Å²) in [5, 5.41) is 3.52. The molecule has 0 radical (unpaired) electrons. The molecule has 0 saturated heterocycles. The molecule has 8 heteroatoms. The van der Waals surface area contributed by atoms with Crippen molar-refractivity contribution in [2.75, 3.05) is 12.4 Å². The molecule has 4 aromatic rings. The molecular formula is C23H21ClN4O3. The van der Waals surface area contributed by atoms with E-state index < -0.39 is 0 Å². The third-order valence-corrected chi connectivity index (χ3v) is 5.05. The summed E-state index contributed by atoms with van der Waals surface area (Å²) >= 11 is 6.03. The number of aromatic nitrogens is 3. The van der Waals surface area contributed by atoms with E-state index in [1.807, 2.05) is 31.2 Å². The fourth-order valence-electron chi connectivity index (χ4n) is 3.21. The van der Waals surface area contributed by atoms with Gasteiger partial charge in [-0.2, -0.15) is 4.98 Å². The molecule has 31 heavy (non-hydrogen) atoms. The van der Waals surface area contributed by atoms with E-state index in [9.17, 15) is 4.79 Å². The number of anilines is 1. The minimum atomic E-state index is -0.150. The monoisotopic (exact) mass is 436 g/mol. The summed E-state index contributed by atoms with van der Waals surface area (Å²) in [6.45, 7) is 1.87. The van der Waals surface area contributed by atoms with Crippen molar-refractivity contribution in [1.82, 2.24) is 14.5 Å². The third-order valence-electron chi connectivity index (χ3n) is 4.80. The Balaban J connectivity index is 1.58. The highest BCUT2D eigenvalue weighted by Crippen LogP contribution is 2.29. The second-order valence-corrected chi connectivity index (χ2v) is 7.30. The quantitative estimate of drug-likeness (QED) is 0.437. The lowest BCUT2D eigenvalue weighted by molar-refractivity contribution is -0.116. The van der Waals surface area contributed by atoms with Gasteiger partial charge in [0.05, 0.1) is 12.8 Å². The SMILES string of the molecule is COc1ccccc1NC(=O)CCc1oc(-n2ccnc2C)nc1-c1ccc(Cl)cc1. The van der Waals surface area contributed by atoms with Gasteiger partial charge in [-0.25, -0.2) is 4.98 Å². The number of nitrogens with one attached hydrogen (secondary N) is 1. The highest BCUT2D eigenvalue weighted by Gasteiger charge is 2.19. The van der Waals surface area contributed by atoms with Crippen LogP contribution in [0.1, 0.15) is 18.0 Å². The number of carbonyl (C=O) groups excluding carboxylic acids is 1. The average molecular weight is 437 g/mol. The molecule has 1 N–H and O–H groups in total. The van der Waals surface area contributed by atoms with E-state index in [-0.39, 0.29) is 12.3 Å². The van der Waals surface area contributed by atoms with Crippen LogP contribution in [0.5, 0.6) is 5.75 Å². The van der Waals surface area contributed by atoms with Crippen LogP contribution in [0.2, 0.25) is 5.02 Å². The van der Waals surface area contributed by atoms with Crippen molar-refractivity contribution in [3.05, 3.63) is 77.5 Å². The molecule has 0 unspecified atom stereocenters. The number of oxazole rings is 1. The van der Waals surface area contributed by atoms with Crippen LogP contribution in [0.4, 0.5) is 5.69 Å². The molecule has 158 valence electrons. The fourth-order valence-corrected chi connectivity index (χ4v) is 3.34. The number of benzene rings is 2. The maximum absolute atomic E-state index is 12.6. The van der Waals surface area contributed by atoms with E-state index in [4.69, 9.17) is 20.8 Å². The van der Waals surface area contributed by atoms with Crippen LogP contribution in [0.25, 0.3) is 17.3 Å². The number of hydrogen-bond acceptors (Lipinski definition) is 5. The Morgan fingerprint density at radius 2 is 1.97 bits per heavy atom. The Labute approximate surface area is 184 Å². The summed E-state index contributed by atoms with van der Waals surface area (Å²) in [6.07, 6.45) is 4.06. The molecule has 0 fully saturated rings. The van der Waals surface area contributed by atoms with Crippen LogP contribution in [-0.2, 0) is 11.2 Å². The van der Waals surface area contributed by atoms with Crippen molar-refractivity contribution < 1.29 is 13.9 Å². The minimum Gasteiger partial charge on any atom is -0.495 e. The van der Waals surface area contributed by atoms with Crippen molar-refractivity contribution in [1.29, 1.82) is 0 Å². The molecule has 7 nitrogen and oxygen atoms in total. The average Bonchev–Trinajstić information content (AvgIpc) is 3.39. The van der Waals surface area contributed by atoms with Gasteiger partial charge in [-0.15, -0.1) is 0 Å². The van der Waals surface area contributed by atoms with E-state index >= 15 is 0 Å². The second kappa shape index (κ2) is 9.06. The number of ether oxygens (including phenoxy) is 1. The lowest BCUT2D eigenvalue weighted by Gasteiger charge is -2.09. The number of hydrogen-bond donors (Lipinski definition) is 1. The number of methoxy groups -OCH3 is 1. The zero-order chi connectivity index (χ0) is 21.8. The maximum Gasteiger partial charge on any atom is 0.307 e. The predicted octanol–water partition coefficient (Wildman–Crippen LogP) is 5.07. The predicted molar refractivity (Wildman–Crippen MR) is 119 cm³/mol. The first-order valence-electron chi connectivity index (χ1n) is 9.74. The van der Waals surface area contributed by atoms with Gasteiger partial charge >= 0.3 is 6.01 Å². The van der Waals surface area contributed by atoms with Gasteiger partial charge in [0.15, 0.2) is 0 Å². The van der Waals surface area contributed by atoms with Crippen LogP contribution in [0.3, 0.4) is 0 Å². The molecule has 0 atom stereocenters. The molecule has 1 amide bonds. The number of halogens is 1. The number of imidazole rings is 1.